The largest absolute Gasteiger partial charge is 0.513 e. The Balaban J connectivity index is 1.83. The lowest BCUT2D eigenvalue weighted by Crippen LogP contribution is -1.87. The minimum Gasteiger partial charge on any atom is -0.141 e. The fraction of sp³-hybridized carbons (Fsp3) is 0.143. The van der Waals surface area contributed by atoms with E-state index in [0.717, 1.165) is 11.1 Å². The van der Waals surface area contributed by atoms with Crippen LogP contribution in [-0.2, 0) is 21.9 Å². The Hall–Kier alpha value is -1.50. The van der Waals surface area contributed by atoms with Crippen molar-refractivity contribution in [1.29, 1.82) is 0 Å². The molecule has 2 aromatic rings. The molecule has 0 aliphatic rings. The van der Waals surface area contributed by atoms with Crippen LogP contribution in [0.3, 0.4) is 0 Å². The number of hydrogen-bond acceptors (Lipinski definition) is 2. The van der Waals surface area contributed by atoms with Crippen LogP contribution in [0.2, 0.25) is 0 Å². The second-order valence-corrected chi connectivity index (χ2v) is 4.98. The van der Waals surface area contributed by atoms with E-state index in [4.69, 9.17) is 4.52 Å². The molecule has 1 unspecified atom stereocenters. The van der Waals surface area contributed by atoms with Crippen molar-refractivity contribution in [1.82, 2.24) is 0 Å². The molecule has 1 atom stereocenters. The molecule has 86 valence electrons. The third-order valence-corrected chi connectivity index (χ3v) is 3.41. The van der Waals surface area contributed by atoms with Crippen molar-refractivity contribution in [2.24, 2.45) is 0 Å². The van der Waals surface area contributed by atoms with Gasteiger partial charge in [-0.25, -0.2) is 0 Å². The van der Waals surface area contributed by atoms with Crippen LogP contribution in [0, 0.1) is 0 Å². The van der Waals surface area contributed by atoms with Crippen LogP contribution in [0.4, 0.5) is 0 Å². The first kappa shape index (κ1) is 12.0. The van der Waals surface area contributed by atoms with Crippen molar-refractivity contribution in [3.63, 3.8) is 0 Å². The monoisotopic (exact) mass is 245 g/mol. The lowest BCUT2D eigenvalue weighted by atomic mass is 10.2. The summed E-state index contributed by atoms with van der Waals surface area (Å²) in [5.41, 5.74) is 2.09. The predicted octanol–water partition coefficient (Wildman–Crippen LogP) is 4.15. The van der Waals surface area contributed by atoms with Gasteiger partial charge in [0.25, 0.3) is 0 Å². The molecule has 0 radical (unpaired) electrons. The van der Waals surface area contributed by atoms with E-state index < -0.39 is 8.03 Å². The molecule has 0 spiro atoms. The van der Waals surface area contributed by atoms with Crippen LogP contribution in [0.25, 0.3) is 0 Å². The van der Waals surface area contributed by atoms with Gasteiger partial charge < -0.3 is 0 Å². The van der Waals surface area contributed by atoms with Gasteiger partial charge in [-0.1, -0.05) is 60.7 Å². The van der Waals surface area contributed by atoms with Gasteiger partial charge in [0.05, 0.1) is 0 Å². The molecule has 0 fully saturated rings. The average molecular weight is 245 g/mol. The standard InChI is InChI=1S/C14H14O2P/c15-17(12-14-9-5-2-6-10-14)16-11-13-7-3-1-4-8-13/h1-10H,11-12H2/q+1. The third-order valence-electron chi connectivity index (χ3n) is 2.37. The highest BCUT2D eigenvalue weighted by Crippen LogP contribution is 2.29. The van der Waals surface area contributed by atoms with E-state index in [0.29, 0.717) is 12.8 Å². The molecule has 0 amide bonds. The van der Waals surface area contributed by atoms with Crippen LogP contribution in [0.15, 0.2) is 60.7 Å². The summed E-state index contributed by atoms with van der Waals surface area (Å²) in [6.07, 6.45) is 0.475. The number of benzene rings is 2. The first-order valence-electron chi connectivity index (χ1n) is 5.50. The molecule has 2 aromatic carbocycles. The molecule has 0 aliphatic heterocycles. The van der Waals surface area contributed by atoms with Crippen LogP contribution in [0.1, 0.15) is 11.1 Å². The lowest BCUT2D eigenvalue weighted by molar-refractivity contribution is 0.318. The third kappa shape index (κ3) is 4.10. The summed E-state index contributed by atoms with van der Waals surface area (Å²) < 4.78 is 17.1. The zero-order valence-corrected chi connectivity index (χ0v) is 10.3. The van der Waals surface area contributed by atoms with Crippen molar-refractivity contribution < 1.29 is 9.09 Å². The van der Waals surface area contributed by atoms with Gasteiger partial charge in [0.15, 0.2) is 0 Å². The minimum absolute atomic E-state index is 0.406. The Morgan fingerprint density at radius 3 is 1.94 bits per heavy atom. The second-order valence-electron chi connectivity index (χ2n) is 3.74. The van der Waals surface area contributed by atoms with E-state index in [1.54, 1.807) is 0 Å². The molecule has 3 heteroatoms. The van der Waals surface area contributed by atoms with Gasteiger partial charge in [-0.05, 0) is 10.1 Å². The molecule has 0 aliphatic carbocycles. The quantitative estimate of drug-likeness (QED) is 0.740. The molecule has 0 N–H and O–H groups in total. The Kier molecular flexibility index (Phi) is 4.43. The van der Waals surface area contributed by atoms with E-state index in [2.05, 4.69) is 0 Å². The molecule has 0 saturated carbocycles. The summed E-state index contributed by atoms with van der Waals surface area (Å²) in [5, 5.41) is 0. The van der Waals surface area contributed by atoms with Gasteiger partial charge in [0.1, 0.15) is 6.61 Å². The van der Waals surface area contributed by atoms with Crippen LogP contribution in [0.5, 0.6) is 0 Å². The van der Waals surface area contributed by atoms with Crippen LogP contribution >= 0.6 is 8.03 Å². The SMILES string of the molecule is O=[P+](Cc1ccccc1)OCc1ccccc1. The zero-order valence-electron chi connectivity index (χ0n) is 9.45. The van der Waals surface area contributed by atoms with Crippen molar-refractivity contribution in [2.75, 3.05) is 0 Å². The Morgan fingerprint density at radius 2 is 1.35 bits per heavy atom. The summed E-state index contributed by atoms with van der Waals surface area (Å²) in [6, 6.07) is 19.5. The van der Waals surface area contributed by atoms with Crippen molar-refractivity contribution in [3.05, 3.63) is 71.8 Å². The van der Waals surface area contributed by atoms with Gasteiger partial charge in [0, 0.05) is 5.56 Å². The molecule has 0 saturated heterocycles. The summed E-state index contributed by atoms with van der Waals surface area (Å²) >= 11 is 0. The highest BCUT2D eigenvalue weighted by atomic mass is 31.1. The van der Waals surface area contributed by atoms with Crippen LogP contribution in [-0.4, -0.2) is 0 Å². The Bertz CT molecular complexity index is 468. The fourth-order valence-electron chi connectivity index (χ4n) is 1.50. The smallest absolute Gasteiger partial charge is 0.141 e. The molecule has 17 heavy (non-hydrogen) atoms. The van der Waals surface area contributed by atoms with E-state index >= 15 is 0 Å². The molecule has 2 nitrogen and oxygen atoms in total. The molecule has 0 aromatic heterocycles. The van der Waals surface area contributed by atoms with Gasteiger partial charge in [-0.15, -0.1) is 4.52 Å². The zero-order chi connectivity index (χ0) is 11.9. The number of hydrogen-bond donors (Lipinski definition) is 0. The molecule has 2 rings (SSSR count). The maximum Gasteiger partial charge on any atom is 0.513 e. The Morgan fingerprint density at radius 1 is 0.824 bits per heavy atom. The molecule has 0 heterocycles. The van der Waals surface area contributed by atoms with Gasteiger partial charge >= 0.3 is 8.03 Å². The minimum atomic E-state index is -1.63. The van der Waals surface area contributed by atoms with Gasteiger partial charge in [-0.2, -0.15) is 0 Å². The van der Waals surface area contributed by atoms with Crippen molar-refractivity contribution >= 4 is 8.03 Å². The average Bonchev–Trinajstić information content (AvgIpc) is 2.39. The maximum absolute atomic E-state index is 11.7. The normalized spacial score (nSPS) is 11.2. The van der Waals surface area contributed by atoms with E-state index in [1.165, 1.54) is 0 Å². The van der Waals surface area contributed by atoms with E-state index in [9.17, 15) is 4.57 Å². The Labute approximate surface area is 102 Å². The summed E-state index contributed by atoms with van der Waals surface area (Å²) in [4.78, 5) is 0. The van der Waals surface area contributed by atoms with Crippen molar-refractivity contribution in [2.45, 2.75) is 12.8 Å². The number of rotatable bonds is 5. The molecule has 0 bridgehead atoms. The van der Waals surface area contributed by atoms with Gasteiger partial charge in [0.2, 0.25) is 6.16 Å². The summed E-state index contributed by atoms with van der Waals surface area (Å²) in [5.74, 6) is 0. The predicted molar refractivity (Wildman–Crippen MR) is 69.0 cm³/mol. The highest BCUT2D eigenvalue weighted by molar-refractivity contribution is 7.38. The van der Waals surface area contributed by atoms with E-state index in [1.807, 2.05) is 60.7 Å². The highest BCUT2D eigenvalue weighted by Gasteiger charge is 2.17. The maximum atomic E-state index is 11.7. The van der Waals surface area contributed by atoms with E-state index in [-0.39, 0.29) is 0 Å². The topological polar surface area (TPSA) is 26.3 Å². The van der Waals surface area contributed by atoms with Crippen LogP contribution < -0.4 is 0 Å². The molecular formula is C14H14O2P+. The first-order chi connectivity index (χ1) is 8.34. The fourth-order valence-corrected chi connectivity index (χ4v) is 2.39. The lowest BCUT2D eigenvalue weighted by Gasteiger charge is -1.94. The molecular weight excluding hydrogens is 231 g/mol. The second kappa shape index (κ2) is 6.29. The summed E-state index contributed by atoms with van der Waals surface area (Å²) in [7, 11) is -1.63. The first-order valence-corrected chi connectivity index (χ1v) is 6.86. The summed E-state index contributed by atoms with van der Waals surface area (Å²) in [6.45, 7) is 0.406. The van der Waals surface area contributed by atoms with Gasteiger partial charge in [-0.3, -0.25) is 0 Å². The van der Waals surface area contributed by atoms with Crippen molar-refractivity contribution in [3.8, 4) is 0 Å².